The summed E-state index contributed by atoms with van der Waals surface area (Å²) in [6.45, 7) is 0. The molecule has 0 amide bonds. The Morgan fingerprint density at radius 1 is 0.105 bits per heavy atom. The highest BCUT2D eigenvalue weighted by molar-refractivity contribution is 6.13. The lowest BCUT2D eigenvalue weighted by Gasteiger charge is -2.14. The zero-order chi connectivity index (χ0) is 82.0. The number of fused-ring (bicyclic) bond motifs is 14. The summed E-state index contributed by atoms with van der Waals surface area (Å²) < 4.78 is 0. The number of aromatic nitrogens is 8. The van der Waals surface area contributed by atoms with E-state index in [-0.39, 0.29) is 0 Å². The molecule has 576 valence electrons. The molecule has 0 aliphatic rings. The average molecular weight is 1580 g/mol. The predicted octanol–water partition coefficient (Wildman–Crippen LogP) is 30.1. The number of hydrogen-bond acceptors (Lipinski definition) is 8. The van der Waals surface area contributed by atoms with E-state index in [1.54, 1.807) is 0 Å². The zero-order valence-corrected chi connectivity index (χ0v) is 67.1. The van der Waals surface area contributed by atoms with Crippen LogP contribution in [-0.4, -0.2) is 39.9 Å². The van der Waals surface area contributed by atoms with Crippen LogP contribution in [0.15, 0.2) is 437 Å². The minimum Gasteiger partial charge on any atom is -0.228 e. The first kappa shape index (κ1) is 72.5. The summed E-state index contributed by atoms with van der Waals surface area (Å²) >= 11 is 0. The third-order valence-corrected chi connectivity index (χ3v) is 24.1. The molecule has 0 fully saturated rings. The molecule has 0 atom stereocenters. The molecule has 4 aromatic heterocycles. The highest BCUT2D eigenvalue weighted by Gasteiger charge is 2.22. The predicted molar refractivity (Wildman–Crippen MR) is 516 cm³/mol. The summed E-state index contributed by atoms with van der Waals surface area (Å²) in [7, 11) is 0. The van der Waals surface area contributed by atoms with Crippen LogP contribution in [-0.2, 0) is 0 Å². The third kappa shape index (κ3) is 13.5. The van der Waals surface area contributed by atoms with E-state index in [1.807, 2.05) is 48.5 Å². The van der Waals surface area contributed by atoms with Gasteiger partial charge in [0.15, 0.2) is 23.3 Å². The van der Waals surface area contributed by atoms with E-state index in [0.29, 0.717) is 23.3 Å². The maximum absolute atomic E-state index is 5.33. The second-order valence-corrected chi connectivity index (χ2v) is 31.6. The zero-order valence-electron chi connectivity index (χ0n) is 67.1. The molecule has 0 aliphatic heterocycles. The Morgan fingerprint density at radius 2 is 0.315 bits per heavy atom. The van der Waals surface area contributed by atoms with E-state index in [0.717, 1.165) is 134 Å². The minimum absolute atomic E-state index is 0.658. The van der Waals surface area contributed by atoms with Crippen LogP contribution in [0.25, 0.3) is 243 Å². The summed E-state index contributed by atoms with van der Waals surface area (Å²) in [6.07, 6.45) is 0. The van der Waals surface area contributed by atoms with Gasteiger partial charge in [-0.3, -0.25) is 0 Å². The monoisotopic (exact) mass is 1580 g/mol. The summed E-state index contributed by atoms with van der Waals surface area (Å²) in [5, 5.41) is 23.7. The fourth-order valence-corrected chi connectivity index (χ4v) is 18.0. The average Bonchev–Trinajstić information content (AvgIpc) is 0.769. The normalized spacial score (nSPS) is 11.5. The van der Waals surface area contributed by atoms with Crippen LogP contribution < -0.4 is 0 Å². The van der Waals surface area contributed by atoms with Gasteiger partial charge >= 0.3 is 0 Å². The molecule has 0 N–H and O–H groups in total. The van der Waals surface area contributed by atoms with Crippen molar-refractivity contribution in [3.8, 4) is 136 Å². The van der Waals surface area contributed by atoms with Crippen molar-refractivity contribution in [2.75, 3.05) is 0 Å². The Morgan fingerprint density at radius 3 is 0.621 bits per heavy atom. The molecule has 8 heteroatoms. The van der Waals surface area contributed by atoms with Crippen LogP contribution in [0.1, 0.15) is 0 Å². The Bertz CT molecular complexity index is 7390. The lowest BCUT2D eigenvalue weighted by atomic mass is 9.94. The molecule has 0 saturated carbocycles. The van der Waals surface area contributed by atoms with E-state index in [4.69, 9.17) is 39.9 Å². The van der Waals surface area contributed by atoms with Gasteiger partial charge in [0.1, 0.15) is 0 Å². The summed E-state index contributed by atoms with van der Waals surface area (Å²) in [5.41, 5.74) is 19.0. The molecule has 4 heterocycles. The van der Waals surface area contributed by atoms with Gasteiger partial charge in [-0.15, -0.1) is 0 Å². The van der Waals surface area contributed by atoms with Crippen molar-refractivity contribution >= 4 is 108 Å². The van der Waals surface area contributed by atoms with Crippen molar-refractivity contribution in [3.63, 3.8) is 0 Å². The maximum Gasteiger partial charge on any atom is 0.161 e. The largest absolute Gasteiger partial charge is 0.228 e. The maximum atomic E-state index is 5.33. The molecule has 0 saturated heterocycles. The summed E-state index contributed by atoms with van der Waals surface area (Å²) in [5.74, 6) is 2.68. The van der Waals surface area contributed by atoms with Crippen molar-refractivity contribution in [2.24, 2.45) is 0 Å². The number of hydrogen-bond donors (Lipinski definition) is 0. The lowest BCUT2D eigenvalue weighted by molar-refractivity contribution is 1.18. The van der Waals surface area contributed by atoms with Crippen molar-refractivity contribution in [3.05, 3.63) is 437 Å². The molecular formula is C116H72N8. The van der Waals surface area contributed by atoms with Crippen molar-refractivity contribution in [1.82, 2.24) is 39.9 Å². The standard InChI is InChI=1S/2C58H36N4/c1-3-15-39(16-4-1)57-59-53(43-29-31-47-41(33-43)27-25-37-13-7-9-19-45(37)47)35-55(61-57)51-23-11-22-50-49(51)21-12-24-52(50)56-36-54(60-58(62-56)40-17-5-2-6-18-40)44-30-32-48-42(34-44)28-26-38-14-8-10-20-46(38)48;1-3-15-39(16-4-1)53-35-55(43-29-31-47-41(33-43)27-25-37-13-7-9-19-45(37)47)61-57(59-53)51-23-11-22-50-49(51)21-12-24-52(50)58-60-54(40-17-5-2-6-18-40)36-56(62-58)44-30-32-48-42(34-44)28-26-38-14-8-10-20-46(38)48/h2*1-36H. The van der Waals surface area contributed by atoms with E-state index in [2.05, 4.69) is 388 Å². The topological polar surface area (TPSA) is 103 Å². The summed E-state index contributed by atoms with van der Waals surface area (Å²) in [4.78, 5) is 42.1. The van der Waals surface area contributed by atoms with Crippen LogP contribution in [0, 0.1) is 0 Å². The first-order valence-corrected chi connectivity index (χ1v) is 41.9. The quantitative estimate of drug-likeness (QED) is 0.111. The van der Waals surface area contributed by atoms with Gasteiger partial charge in [-0.2, -0.15) is 0 Å². The fourth-order valence-electron chi connectivity index (χ4n) is 18.0. The smallest absolute Gasteiger partial charge is 0.161 e. The van der Waals surface area contributed by atoms with Gasteiger partial charge in [0, 0.05) is 66.8 Å². The van der Waals surface area contributed by atoms with E-state index >= 15 is 0 Å². The number of nitrogens with zero attached hydrogens (tertiary/aromatic N) is 8. The van der Waals surface area contributed by atoms with E-state index < -0.39 is 0 Å². The molecule has 8 nitrogen and oxygen atoms in total. The Balaban J connectivity index is 0.000000143. The highest BCUT2D eigenvalue weighted by Crippen LogP contribution is 2.43. The molecule has 24 aromatic rings. The molecular weight excluding hydrogens is 1510 g/mol. The molecule has 20 aromatic carbocycles. The Hall–Kier alpha value is -16.7. The molecule has 24 rings (SSSR count). The number of benzene rings is 20. The van der Waals surface area contributed by atoms with Crippen molar-refractivity contribution in [2.45, 2.75) is 0 Å². The second kappa shape index (κ2) is 30.9. The first-order valence-electron chi connectivity index (χ1n) is 41.9. The van der Waals surface area contributed by atoms with Crippen LogP contribution in [0.2, 0.25) is 0 Å². The van der Waals surface area contributed by atoms with Gasteiger partial charge < -0.3 is 0 Å². The Labute approximate surface area is 715 Å². The lowest BCUT2D eigenvalue weighted by Crippen LogP contribution is -1.98. The fraction of sp³-hybridized carbons (Fsp3) is 0. The summed E-state index contributed by atoms with van der Waals surface area (Å²) in [6, 6.07) is 154. The highest BCUT2D eigenvalue weighted by atomic mass is 14.9. The van der Waals surface area contributed by atoms with E-state index in [1.165, 1.54) is 86.2 Å². The Kier molecular flexibility index (Phi) is 18.1. The van der Waals surface area contributed by atoms with Gasteiger partial charge in [-0.1, -0.05) is 388 Å². The van der Waals surface area contributed by atoms with Gasteiger partial charge in [0.25, 0.3) is 0 Å². The van der Waals surface area contributed by atoms with Gasteiger partial charge in [-0.05, 0) is 156 Å². The molecule has 124 heavy (non-hydrogen) atoms. The van der Waals surface area contributed by atoms with Crippen molar-refractivity contribution in [1.29, 1.82) is 0 Å². The molecule has 0 spiro atoms. The van der Waals surface area contributed by atoms with Gasteiger partial charge in [-0.25, -0.2) is 39.9 Å². The number of rotatable bonds is 12. The van der Waals surface area contributed by atoms with Crippen LogP contribution in [0.3, 0.4) is 0 Å². The SMILES string of the molecule is c1ccc(-c2cc(-c3ccc4c(ccc5ccccc54)c3)nc(-c3cccc4c(-c5nc(-c6ccccc6)cc(-c6ccc7c(ccc8ccccc87)c6)n5)cccc34)n2)cc1.c1ccc(-c2nc(-c3ccc4c(ccc5ccccc54)c3)cc(-c3cccc4c(-c5cc(-c6ccc7c(ccc8ccccc87)c6)nc(-c6ccccc6)n5)cccc34)n2)cc1. The van der Waals surface area contributed by atoms with Crippen LogP contribution in [0.5, 0.6) is 0 Å². The molecule has 0 unspecified atom stereocenters. The third-order valence-electron chi connectivity index (χ3n) is 24.1. The molecule has 0 bridgehead atoms. The van der Waals surface area contributed by atoms with Crippen LogP contribution >= 0.6 is 0 Å². The molecule has 0 radical (unpaired) electrons. The second-order valence-electron chi connectivity index (χ2n) is 31.6. The van der Waals surface area contributed by atoms with Gasteiger partial charge in [0.2, 0.25) is 0 Å². The van der Waals surface area contributed by atoms with Crippen molar-refractivity contribution < 1.29 is 0 Å². The van der Waals surface area contributed by atoms with Gasteiger partial charge in [0.05, 0.1) is 45.6 Å². The van der Waals surface area contributed by atoms with Crippen LogP contribution in [0.4, 0.5) is 0 Å². The molecule has 0 aliphatic carbocycles. The first-order chi connectivity index (χ1) is 61.4. The van der Waals surface area contributed by atoms with E-state index in [9.17, 15) is 0 Å². The minimum atomic E-state index is 0.658.